The third-order valence-electron chi connectivity index (χ3n) is 6.90. The van der Waals surface area contributed by atoms with Crippen LogP contribution in [0.5, 0.6) is 0 Å². The minimum atomic E-state index is 0.543. The normalized spacial score (nSPS) is 26.2. The zero-order valence-electron chi connectivity index (χ0n) is 15.8. The molecule has 1 aromatic carbocycles. The molecule has 4 nitrogen and oxygen atoms in total. The van der Waals surface area contributed by atoms with Gasteiger partial charge in [0.05, 0.1) is 0 Å². The summed E-state index contributed by atoms with van der Waals surface area (Å²) < 4.78 is 0. The van der Waals surface area contributed by atoms with Gasteiger partial charge in [-0.15, -0.1) is 0 Å². The second kappa shape index (κ2) is 7.34. The number of H-pyrrole nitrogens is 1. The van der Waals surface area contributed by atoms with Crippen molar-refractivity contribution >= 4 is 10.9 Å². The number of hydrogen-bond acceptors (Lipinski definition) is 3. The molecule has 0 spiro atoms. The molecule has 4 heteroatoms. The fraction of sp³-hybridized carbons (Fsp3) is 0.636. The van der Waals surface area contributed by atoms with Crippen molar-refractivity contribution in [1.82, 2.24) is 20.1 Å². The lowest BCUT2D eigenvalue weighted by Crippen LogP contribution is -2.51. The molecular formula is C22H32N4. The highest BCUT2D eigenvalue weighted by Crippen LogP contribution is 2.29. The lowest BCUT2D eigenvalue weighted by atomic mass is 9.91. The van der Waals surface area contributed by atoms with E-state index < -0.39 is 0 Å². The van der Waals surface area contributed by atoms with Crippen molar-refractivity contribution in [2.75, 3.05) is 32.7 Å². The molecule has 5 rings (SSSR count). The molecule has 2 saturated heterocycles. The Kier molecular flexibility index (Phi) is 4.74. The van der Waals surface area contributed by atoms with Gasteiger partial charge in [0.15, 0.2) is 0 Å². The number of aromatic nitrogens is 1. The molecule has 0 bridgehead atoms. The predicted molar refractivity (Wildman–Crippen MR) is 107 cm³/mol. The minimum absolute atomic E-state index is 0.543. The van der Waals surface area contributed by atoms with Crippen molar-refractivity contribution in [2.45, 2.75) is 57.2 Å². The van der Waals surface area contributed by atoms with Crippen LogP contribution >= 0.6 is 0 Å². The van der Waals surface area contributed by atoms with Gasteiger partial charge in [-0.05, 0) is 55.5 Å². The van der Waals surface area contributed by atoms with Crippen LogP contribution < -0.4 is 5.32 Å². The second-order valence-electron chi connectivity index (χ2n) is 8.52. The van der Waals surface area contributed by atoms with Gasteiger partial charge in [0.1, 0.15) is 0 Å². The highest BCUT2D eigenvalue weighted by atomic mass is 15.3. The van der Waals surface area contributed by atoms with E-state index in [1.54, 1.807) is 0 Å². The molecule has 0 amide bonds. The summed E-state index contributed by atoms with van der Waals surface area (Å²) in [5.74, 6) is 0. The Hall–Kier alpha value is -1.36. The van der Waals surface area contributed by atoms with Gasteiger partial charge >= 0.3 is 0 Å². The molecule has 26 heavy (non-hydrogen) atoms. The highest BCUT2D eigenvalue weighted by molar-refractivity contribution is 5.84. The van der Waals surface area contributed by atoms with Crippen LogP contribution in [-0.4, -0.2) is 53.5 Å². The van der Waals surface area contributed by atoms with E-state index in [9.17, 15) is 0 Å². The van der Waals surface area contributed by atoms with Crippen molar-refractivity contribution in [3.8, 4) is 0 Å². The summed E-state index contributed by atoms with van der Waals surface area (Å²) in [4.78, 5) is 8.86. The van der Waals surface area contributed by atoms with E-state index in [0.717, 1.165) is 19.1 Å². The second-order valence-corrected chi connectivity index (χ2v) is 8.52. The summed E-state index contributed by atoms with van der Waals surface area (Å²) in [7, 11) is 0. The lowest BCUT2D eigenvalue weighted by Gasteiger charge is -2.43. The van der Waals surface area contributed by atoms with Crippen LogP contribution in [0.2, 0.25) is 0 Å². The van der Waals surface area contributed by atoms with Crippen LogP contribution in [0.15, 0.2) is 24.4 Å². The van der Waals surface area contributed by atoms with Crippen LogP contribution in [-0.2, 0) is 6.54 Å². The molecule has 2 aliphatic heterocycles. The van der Waals surface area contributed by atoms with Crippen molar-refractivity contribution in [1.29, 1.82) is 0 Å². The number of aromatic amines is 1. The Balaban J connectivity index is 1.28. The molecule has 1 atom stereocenters. The zero-order chi connectivity index (χ0) is 17.3. The van der Waals surface area contributed by atoms with Crippen LogP contribution in [0, 0.1) is 0 Å². The first-order valence-electron chi connectivity index (χ1n) is 10.7. The molecule has 1 aromatic heterocycles. The van der Waals surface area contributed by atoms with E-state index in [1.165, 1.54) is 86.7 Å². The number of benzene rings is 1. The Labute approximate surface area is 156 Å². The van der Waals surface area contributed by atoms with Gasteiger partial charge in [-0.25, -0.2) is 0 Å². The van der Waals surface area contributed by atoms with Gasteiger partial charge in [-0.3, -0.25) is 9.80 Å². The molecule has 140 valence electrons. The van der Waals surface area contributed by atoms with Crippen LogP contribution in [0.1, 0.15) is 55.7 Å². The Morgan fingerprint density at radius 1 is 0.962 bits per heavy atom. The standard InChI is InChI=1S/C22H32N4/c1-2-9-23-21(6-1)17-7-8-22-20(14-17)18(15-24-22)16-25-10-12-26(13-11-25)19-4-3-5-19/h7-8,14-15,19,21,23-24H,1-6,9-13,16H2. The van der Waals surface area contributed by atoms with Crippen molar-refractivity contribution < 1.29 is 0 Å². The average molecular weight is 353 g/mol. The Morgan fingerprint density at radius 2 is 1.85 bits per heavy atom. The molecule has 1 unspecified atom stereocenters. The molecule has 1 aliphatic carbocycles. The van der Waals surface area contributed by atoms with Crippen LogP contribution in [0.25, 0.3) is 10.9 Å². The van der Waals surface area contributed by atoms with Crippen molar-refractivity contribution in [2.24, 2.45) is 0 Å². The van der Waals surface area contributed by atoms with Gasteiger partial charge in [0, 0.05) is 61.9 Å². The lowest BCUT2D eigenvalue weighted by molar-refractivity contribution is 0.0589. The molecule has 1 saturated carbocycles. The van der Waals surface area contributed by atoms with Gasteiger partial charge in [0.25, 0.3) is 0 Å². The first-order chi connectivity index (χ1) is 12.9. The topological polar surface area (TPSA) is 34.3 Å². The summed E-state index contributed by atoms with van der Waals surface area (Å²) in [6.45, 7) is 7.18. The number of nitrogens with zero attached hydrogens (tertiary/aromatic N) is 2. The first kappa shape index (κ1) is 16.8. The number of hydrogen-bond donors (Lipinski definition) is 2. The van der Waals surface area contributed by atoms with Gasteiger partial charge < -0.3 is 10.3 Å². The number of rotatable bonds is 4. The van der Waals surface area contributed by atoms with Gasteiger partial charge in [0.2, 0.25) is 0 Å². The maximum Gasteiger partial charge on any atom is 0.0457 e. The van der Waals surface area contributed by atoms with Gasteiger partial charge in [-0.1, -0.05) is 18.9 Å². The van der Waals surface area contributed by atoms with E-state index in [1.807, 2.05) is 0 Å². The maximum absolute atomic E-state index is 3.69. The summed E-state index contributed by atoms with van der Waals surface area (Å²) in [5, 5.41) is 5.12. The highest BCUT2D eigenvalue weighted by Gasteiger charge is 2.28. The Bertz CT molecular complexity index is 734. The summed E-state index contributed by atoms with van der Waals surface area (Å²) in [6.07, 6.45) is 10.5. The number of piperidine rings is 1. The molecule has 2 N–H and O–H groups in total. The number of piperazine rings is 1. The predicted octanol–water partition coefficient (Wildman–Crippen LogP) is 3.65. The number of fused-ring (bicyclic) bond motifs is 1. The smallest absolute Gasteiger partial charge is 0.0457 e. The van der Waals surface area contributed by atoms with Gasteiger partial charge in [-0.2, -0.15) is 0 Å². The van der Waals surface area contributed by atoms with E-state index >= 15 is 0 Å². The quantitative estimate of drug-likeness (QED) is 0.881. The molecule has 0 radical (unpaired) electrons. The zero-order valence-corrected chi connectivity index (χ0v) is 15.8. The molecule has 3 heterocycles. The maximum atomic E-state index is 3.69. The van der Waals surface area contributed by atoms with E-state index in [0.29, 0.717) is 6.04 Å². The van der Waals surface area contributed by atoms with Crippen molar-refractivity contribution in [3.63, 3.8) is 0 Å². The van der Waals surface area contributed by atoms with Crippen LogP contribution in [0.3, 0.4) is 0 Å². The monoisotopic (exact) mass is 352 g/mol. The first-order valence-corrected chi connectivity index (χ1v) is 10.7. The summed E-state index contributed by atoms with van der Waals surface area (Å²) in [5.41, 5.74) is 4.22. The summed E-state index contributed by atoms with van der Waals surface area (Å²) in [6, 6.07) is 8.47. The average Bonchev–Trinajstić information content (AvgIpc) is 3.05. The minimum Gasteiger partial charge on any atom is -0.361 e. The fourth-order valence-corrected chi connectivity index (χ4v) is 4.96. The van der Waals surface area contributed by atoms with Crippen LogP contribution in [0.4, 0.5) is 0 Å². The number of nitrogens with one attached hydrogen (secondary N) is 2. The largest absolute Gasteiger partial charge is 0.361 e. The molecular weight excluding hydrogens is 320 g/mol. The van der Waals surface area contributed by atoms with Crippen molar-refractivity contribution in [3.05, 3.63) is 35.5 Å². The molecule has 2 aromatic rings. The van der Waals surface area contributed by atoms with E-state index in [2.05, 4.69) is 44.5 Å². The summed E-state index contributed by atoms with van der Waals surface area (Å²) >= 11 is 0. The third kappa shape index (κ3) is 3.30. The van der Waals surface area contributed by atoms with E-state index in [4.69, 9.17) is 0 Å². The fourth-order valence-electron chi connectivity index (χ4n) is 4.96. The Morgan fingerprint density at radius 3 is 2.58 bits per heavy atom. The molecule has 3 aliphatic rings. The molecule has 3 fully saturated rings. The SMILES string of the molecule is c1cc2[nH]cc(CN3CCN(C4CCC4)CC3)c2cc1C1CCCCN1. The van der Waals surface area contributed by atoms with E-state index in [-0.39, 0.29) is 0 Å². The third-order valence-corrected chi connectivity index (χ3v) is 6.90.